The molecule has 0 saturated heterocycles. The van der Waals surface area contributed by atoms with E-state index in [1.54, 1.807) is 12.1 Å². The molecule has 0 fully saturated rings. The Morgan fingerprint density at radius 1 is 1.33 bits per heavy atom. The van der Waals surface area contributed by atoms with Crippen LogP contribution in [0.2, 0.25) is 0 Å². The Kier molecular flexibility index (Phi) is 3.24. The molecule has 0 aliphatic rings. The largest absolute Gasteiger partial charge is 0.309 e. The fourth-order valence-electron chi connectivity index (χ4n) is 1.81. The first kappa shape index (κ1) is 12.1. The Morgan fingerprint density at radius 3 is 2.78 bits per heavy atom. The number of aryl methyl sites for hydroxylation is 1. The van der Waals surface area contributed by atoms with Crippen LogP contribution in [0.1, 0.15) is 16.8 Å². The van der Waals surface area contributed by atoms with Gasteiger partial charge in [0.2, 0.25) is 0 Å². The molecule has 4 heteroatoms. The highest BCUT2D eigenvalue weighted by Gasteiger charge is 2.04. The fourth-order valence-corrected chi connectivity index (χ4v) is 1.81. The summed E-state index contributed by atoms with van der Waals surface area (Å²) in [5.41, 5.74) is 1.51. The van der Waals surface area contributed by atoms with Gasteiger partial charge in [-0.15, -0.1) is 0 Å². The number of nitrogens with zero attached hydrogens (tertiary/aromatic N) is 2. The number of rotatable bonds is 2. The Bertz CT molecular complexity index is 683. The second-order valence-corrected chi connectivity index (χ2v) is 4.05. The van der Waals surface area contributed by atoms with Gasteiger partial charge in [0.05, 0.1) is 18.2 Å². The molecule has 1 aromatic carbocycles. The molecule has 0 radical (unpaired) electrons. The molecule has 1 aromatic heterocycles. The lowest BCUT2D eigenvalue weighted by Crippen LogP contribution is -2.21. The Hall–Kier alpha value is -2.41. The highest BCUT2D eigenvalue weighted by molar-refractivity contribution is 5.34. The Morgan fingerprint density at radius 2 is 2.11 bits per heavy atom. The molecule has 1 heterocycles. The lowest BCUT2D eigenvalue weighted by molar-refractivity contribution is 0.621. The number of aromatic nitrogens is 1. The van der Waals surface area contributed by atoms with Crippen molar-refractivity contribution in [1.29, 1.82) is 5.26 Å². The molecular weight excluding hydrogens is 231 g/mol. The van der Waals surface area contributed by atoms with Gasteiger partial charge in [-0.2, -0.15) is 5.26 Å². The summed E-state index contributed by atoms with van der Waals surface area (Å²) in [6, 6.07) is 10.9. The predicted octanol–water partition coefficient (Wildman–Crippen LogP) is 2.22. The maximum absolute atomic E-state index is 13.3. The predicted molar refractivity (Wildman–Crippen MR) is 65.7 cm³/mol. The van der Waals surface area contributed by atoms with Gasteiger partial charge in [0.15, 0.2) is 0 Å². The fraction of sp³-hybridized carbons (Fsp3) is 0.143. The zero-order valence-electron chi connectivity index (χ0n) is 9.85. The summed E-state index contributed by atoms with van der Waals surface area (Å²) in [4.78, 5) is 11.7. The molecule has 2 aromatic rings. The monoisotopic (exact) mass is 242 g/mol. The van der Waals surface area contributed by atoms with Crippen LogP contribution >= 0.6 is 0 Å². The minimum Gasteiger partial charge on any atom is -0.309 e. The normalized spacial score (nSPS) is 10.1. The number of halogens is 1. The molecule has 0 aliphatic carbocycles. The molecule has 18 heavy (non-hydrogen) atoms. The van der Waals surface area contributed by atoms with Crippen molar-refractivity contribution in [3.05, 3.63) is 69.4 Å². The van der Waals surface area contributed by atoms with Gasteiger partial charge in [0.25, 0.3) is 5.56 Å². The first-order chi connectivity index (χ1) is 8.60. The number of pyridine rings is 1. The van der Waals surface area contributed by atoms with Gasteiger partial charge in [-0.25, -0.2) is 4.39 Å². The molecule has 0 N–H and O–H groups in total. The molecule has 90 valence electrons. The van der Waals surface area contributed by atoms with Crippen LogP contribution in [0.15, 0.2) is 41.2 Å². The lowest BCUT2D eigenvalue weighted by atomic mass is 10.1. The lowest BCUT2D eigenvalue weighted by Gasteiger charge is -2.09. The van der Waals surface area contributed by atoms with E-state index in [1.165, 1.54) is 22.8 Å². The molecule has 0 aliphatic heterocycles. The van der Waals surface area contributed by atoms with Gasteiger partial charge in [0.1, 0.15) is 5.82 Å². The van der Waals surface area contributed by atoms with Crippen LogP contribution in [-0.2, 0) is 6.54 Å². The minimum atomic E-state index is -0.467. The van der Waals surface area contributed by atoms with Gasteiger partial charge >= 0.3 is 0 Å². The van der Waals surface area contributed by atoms with Crippen molar-refractivity contribution in [3.8, 4) is 6.07 Å². The van der Waals surface area contributed by atoms with Crippen LogP contribution in [-0.4, -0.2) is 4.57 Å². The highest BCUT2D eigenvalue weighted by atomic mass is 19.1. The van der Waals surface area contributed by atoms with E-state index in [0.29, 0.717) is 5.56 Å². The van der Waals surface area contributed by atoms with Crippen molar-refractivity contribution < 1.29 is 4.39 Å². The van der Waals surface area contributed by atoms with Crippen molar-refractivity contribution in [2.24, 2.45) is 0 Å². The quantitative estimate of drug-likeness (QED) is 0.810. The van der Waals surface area contributed by atoms with E-state index >= 15 is 0 Å². The van der Waals surface area contributed by atoms with E-state index in [4.69, 9.17) is 5.26 Å². The van der Waals surface area contributed by atoms with Crippen molar-refractivity contribution in [2.75, 3.05) is 0 Å². The number of benzene rings is 1. The molecule has 2 rings (SSSR count). The average molecular weight is 242 g/mol. The molecule has 3 nitrogen and oxygen atoms in total. The Balaban J connectivity index is 2.44. The minimum absolute atomic E-state index is 0.141. The van der Waals surface area contributed by atoms with E-state index < -0.39 is 5.82 Å². The van der Waals surface area contributed by atoms with Crippen LogP contribution in [0.5, 0.6) is 0 Å². The molecule has 0 saturated carbocycles. The first-order valence-electron chi connectivity index (χ1n) is 5.46. The van der Waals surface area contributed by atoms with Crippen molar-refractivity contribution in [1.82, 2.24) is 4.57 Å². The van der Waals surface area contributed by atoms with Gasteiger partial charge in [-0.3, -0.25) is 4.79 Å². The van der Waals surface area contributed by atoms with Gasteiger partial charge in [0, 0.05) is 11.8 Å². The summed E-state index contributed by atoms with van der Waals surface area (Å²) in [5, 5.41) is 8.78. The van der Waals surface area contributed by atoms with E-state index in [2.05, 4.69) is 0 Å². The molecule has 0 bridgehead atoms. The van der Waals surface area contributed by atoms with Crippen molar-refractivity contribution in [3.63, 3.8) is 0 Å². The summed E-state index contributed by atoms with van der Waals surface area (Å²) in [6.45, 7) is 2.07. The van der Waals surface area contributed by atoms with Crippen LogP contribution < -0.4 is 5.56 Å². The SMILES string of the molecule is Cc1cccc(=O)n1Cc1cc(F)cc(C#N)c1. The van der Waals surface area contributed by atoms with Crippen LogP contribution in [0.25, 0.3) is 0 Å². The van der Waals surface area contributed by atoms with Crippen LogP contribution in [0, 0.1) is 24.1 Å². The highest BCUT2D eigenvalue weighted by Crippen LogP contribution is 2.10. The number of nitriles is 1. The smallest absolute Gasteiger partial charge is 0.251 e. The van der Waals surface area contributed by atoms with E-state index in [0.717, 1.165) is 5.69 Å². The maximum atomic E-state index is 13.3. The molecule has 0 spiro atoms. The van der Waals surface area contributed by atoms with Gasteiger partial charge in [-0.05, 0) is 36.8 Å². The summed E-state index contributed by atoms with van der Waals surface area (Å²) in [6.07, 6.45) is 0. The zero-order valence-corrected chi connectivity index (χ0v) is 9.85. The summed E-state index contributed by atoms with van der Waals surface area (Å²) < 4.78 is 14.8. The summed E-state index contributed by atoms with van der Waals surface area (Å²) in [7, 11) is 0. The third-order valence-corrected chi connectivity index (χ3v) is 2.70. The van der Waals surface area contributed by atoms with Crippen molar-refractivity contribution in [2.45, 2.75) is 13.5 Å². The maximum Gasteiger partial charge on any atom is 0.251 e. The molecule has 0 amide bonds. The average Bonchev–Trinajstić information content (AvgIpc) is 2.33. The second-order valence-electron chi connectivity index (χ2n) is 4.05. The van der Waals surface area contributed by atoms with E-state index in [-0.39, 0.29) is 17.7 Å². The summed E-state index contributed by atoms with van der Waals surface area (Å²) in [5.74, 6) is -0.467. The van der Waals surface area contributed by atoms with Gasteiger partial charge < -0.3 is 4.57 Å². The Labute approximate surface area is 104 Å². The zero-order chi connectivity index (χ0) is 13.1. The van der Waals surface area contributed by atoms with Crippen LogP contribution in [0.3, 0.4) is 0 Å². The summed E-state index contributed by atoms with van der Waals surface area (Å²) >= 11 is 0. The third-order valence-electron chi connectivity index (χ3n) is 2.70. The molecular formula is C14H11FN2O. The van der Waals surface area contributed by atoms with Crippen LogP contribution in [0.4, 0.5) is 4.39 Å². The number of hydrogen-bond donors (Lipinski definition) is 0. The van der Waals surface area contributed by atoms with E-state index in [9.17, 15) is 9.18 Å². The van der Waals surface area contributed by atoms with Crippen molar-refractivity contribution >= 4 is 0 Å². The topological polar surface area (TPSA) is 45.8 Å². The second kappa shape index (κ2) is 4.84. The third kappa shape index (κ3) is 2.46. The molecule has 0 unspecified atom stereocenters. The first-order valence-corrected chi connectivity index (χ1v) is 5.46. The number of hydrogen-bond acceptors (Lipinski definition) is 2. The standard InChI is InChI=1S/C14H11FN2O/c1-10-3-2-4-14(18)17(10)9-12-5-11(8-16)6-13(15)7-12/h2-7H,9H2,1H3. The van der Waals surface area contributed by atoms with E-state index in [1.807, 2.05) is 19.1 Å². The molecule has 0 atom stereocenters. The van der Waals surface area contributed by atoms with Gasteiger partial charge in [-0.1, -0.05) is 6.07 Å².